The normalized spacial score (nSPS) is 37.3. The van der Waals surface area contributed by atoms with E-state index in [0.29, 0.717) is 31.3 Å². The van der Waals surface area contributed by atoms with E-state index in [0.717, 1.165) is 5.57 Å². The topological polar surface area (TPSA) is 129 Å². The molecule has 10 atom stereocenters. The lowest BCUT2D eigenvalue weighted by atomic mass is 9.44. The summed E-state index contributed by atoms with van der Waals surface area (Å²) in [4.78, 5) is 37.8. The molecule has 1 heterocycles. The molecule has 0 aromatic carbocycles. The largest absolute Gasteiger partial charge is 0.458 e. The fourth-order valence-corrected chi connectivity index (χ4v) is 6.71. The lowest BCUT2D eigenvalue weighted by molar-refractivity contribution is -0.274. The summed E-state index contributed by atoms with van der Waals surface area (Å²) in [6.07, 6.45) is 0.0646. The van der Waals surface area contributed by atoms with E-state index >= 15 is 0 Å². The Bertz CT molecular complexity index is 1030. The maximum Gasteiger partial charge on any atom is 0.309 e. The minimum atomic E-state index is -1.45. The van der Waals surface area contributed by atoms with Gasteiger partial charge in [-0.05, 0) is 55.4 Å². The maximum absolute atomic E-state index is 12.9. The smallest absolute Gasteiger partial charge is 0.309 e. The second kappa shape index (κ2) is 12.6. The van der Waals surface area contributed by atoms with E-state index in [1.165, 1.54) is 6.92 Å². The number of ether oxygens (including phenoxy) is 4. The maximum atomic E-state index is 12.9. The van der Waals surface area contributed by atoms with Crippen molar-refractivity contribution < 1.29 is 43.5 Å². The third kappa shape index (κ3) is 5.65. The molecule has 3 aliphatic rings. The summed E-state index contributed by atoms with van der Waals surface area (Å²) >= 11 is 0. The number of rotatable bonds is 11. The van der Waals surface area contributed by atoms with Crippen LogP contribution in [-0.2, 0) is 33.3 Å². The van der Waals surface area contributed by atoms with E-state index in [2.05, 4.69) is 13.2 Å². The molecule has 2 aliphatic carbocycles. The van der Waals surface area contributed by atoms with E-state index in [9.17, 15) is 24.6 Å². The standard InChI is InChI=1S/C31H46O9/c1-9-12-24(33)39-28-22-15-21(38-27(36)18(5)11-3)16-23-30(8,14-13-17(4)10-2)19(6)25(34)26(35)31(22,23)29(40-28)37-20(7)32/h10,15,18-19,21,23,25-26,28-29,34-35H,2,4,9,11-14,16H2,1,3,5-8H3/t18-,19+,21-,23-,25-,26-,28-,29+,30+,31+/m1/s1. The number of aliphatic hydroxyl groups excluding tert-OH is 2. The zero-order valence-electron chi connectivity index (χ0n) is 24.7. The van der Waals surface area contributed by atoms with Crippen LogP contribution in [0.15, 0.2) is 36.5 Å². The summed E-state index contributed by atoms with van der Waals surface area (Å²) in [5.74, 6) is -2.76. The van der Waals surface area contributed by atoms with E-state index < -0.39 is 65.5 Å². The van der Waals surface area contributed by atoms with Crippen molar-refractivity contribution >= 4 is 17.9 Å². The van der Waals surface area contributed by atoms with Crippen LogP contribution in [0.25, 0.3) is 0 Å². The summed E-state index contributed by atoms with van der Waals surface area (Å²) in [6, 6.07) is 0. The highest BCUT2D eigenvalue weighted by molar-refractivity contribution is 5.72. The highest BCUT2D eigenvalue weighted by atomic mass is 16.8. The van der Waals surface area contributed by atoms with Gasteiger partial charge in [0.15, 0.2) is 0 Å². The van der Waals surface area contributed by atoms with Crippen molar-refractivity contribution in [2.75, 3.05) is 0 Å². The Morgan fingerprint density at radius 1 is 1.20 bits per heavy atom. The minimum absolute atomic E-state index is 0.137. The SMILES string of the molecule is C=CC(=C)CC[C@]1(C)[C@H]2C[C@H](OC(=O)[C@H](C)CC)C=C3[C@H](OC(=O)CCC)O[C@H](OC(C)=O)[C@@]32[C@H](O)[C@H](O)[C@@H]1C. The van der Waals surface area contributed by atoms with E-state index in [1.54, 1.807) is 19.1 Å². The monoisotopic (exact) mass is 562 g/mol. The van der Waals surface area contributed by atoms with Crippen LogP contribution in [-0.4, -0.2) is 59.0 Å². The number of hydrogen-bond acceptors (Lipinski definition) is 9. The van der Waals surface area contributed by atoms with Gasteiger partial charge >= 0.3 is 17.9 Å². The predicted molar refractivity (Wildman–Crippen MR) is 147 cm³/mol. The van der Waals surface area contributed by atoms with Crippen LogP contribution in [0, 0.1) is 28.6 Å². The van der Waals surface area contributed by atoms with Crippen molar-refractivity contribution in [3.63, 3.8) is 0 Å². The molecule has 40 heavy (non-hydrogen) atoms. The van der Waals surface area contributed by atoms with E-state index in [-0.39, 0.29) is 24.7 Å². The average Bonchev–Trinajstić information content (AvgIpc) is 3.20. The number of esters is 3. The molecular weight excluding hydrogens is 516 g/mol. The molecule has 3 rings (SSSR count). The third-order valence-corrected chi connectivity index (χ3v) is 9.48. The third-order valence-electron chi connectivity index (χ3n) is 9.48. The van der Waals surface area contributed by atoms with Gasteiger partial charge in [-0.2, -0.15) is 0 Å². The molecule has 0 amide bonds. The van der Waals surface area contributed by atoms with Crippen LogP contribution in [0.3, 0.4) is 0 Å². The Balaban J connectivity index is 2.23. The molecule has 1 aliphatic heterocycles. The number of hydrogen-bond donors (Lipinski definition) is 2. The van der Waals surface area contributed by atoms with Crippen molar-refractivity contribution in [2.45, 2.75) is 111 Å². The molecular formula is C31H46O9. The Morgan fingerprint density at radius 3 is 2.45 bits per heavy atom. The van der Waals surface area contributed by atoms with Gasteiger partial charge < -0.3 is 24.4 Å². The molecule has 9 nitrogen and oxygen atoms in total. The van der Waals surface area contributed by atoms with Crippen LogP contribution in [0.4, 0.5) is 0 Å². The van der Waals surface area contributed by atoms with Gasteiger partial charge in [-0.3, -0.25) is 19.1 Å². The van der Waals surface area contributed by atoms with Gasteiger partial charge in [0.25, 0.3) is 0 Å². The van der Waals surface area contributed by atoms with Crippen LogP contribution in [0.1, 0.15) is 80.1 Å². The van der Waals surface area contributed by atoms with E-state index in [4.69, 9.17) is 18.9 Å². The van der Waals surface area contributed by atoms with Gasteiger partial charge in [0.2, 0.25) is 12.6 Å². The zero-order chi connectivity index (χ0) is 30.0. The first-order valence-electron chi connectivity index (χ1n) is 14.4. The molecule has 0 unspecified atom stereocenters. The summed E-state index contributed by atoms with van der Waals surface area (Å²) in [7, 11) is 0. The Labute approximate surface area is 237 Å². The quantitative estimate of drug-likeness (QED) is 0.163. The molecule has 224 valence electrons. The number of carbonyl (C=O) groups is 3. The molecule has 0 radical (unpaired) electrons. The minimum Gasteiger partial charge on any atom is -0.458 e. The second-order valence-corrected chi connectivity index (χ2v) is 11.9. The van der Waals surface area contributed by atoms with Crippen LogP contribution < -0.4 is 0 Å². The number of aliphatic hydroxyl groups is 2. The Hall–Kier alpha value is -2.49. The molecule has 1 spiro atoms. The van der Waals surface area contributed by atoms with Gasteiger partial charge in [-0.25, -0.2) is 0 Å². The van der Waals surface area contributed by atoms with Crippen molar-refractivity contribution in [3.05, 3.63) is 36.5 Å². The van der Waals surface area contributed by atoms with Crippen LogP contribution >= 0.6 is 0 Å². The first kappa shape index (κ1) is 32.0. The lowest BCUT2D eigenvalue weighted by Gasteiger charge is -2.62. The van der Waals surface area contributed by atoms with Crippen molar-refractivity contribution in [3.8, 4) is 0 Å². The molecule has 0 aromatic rings. The Morgan fingerprint density at radius 2 is 1.88 bits per heavy atom. The number of allylic oxidation sites excluding steroid dienone is 2. The molecule has 1 saturated carbocycles. The number of carbonyl (C=O) groups excluding carboxylic acids is 3. The van der Waals surface area contributed by atoms with Crippen molar-refractivity contribution in [2.24, 2.45) is 28.6 Å². The van der Waals surface area contributed by atoms with Crippen molar-refractivity contribution in [1.82, 2.24) is 0 Å². The van der Waals surface area contributed by atoms with Crippen LogP contribution in [0.5, 0.6) is 0 Å². The molecule has 1 saturated heterocycles. The fourth-order valence-electron chi connectivity index (χ4n) is 6.71. The van der Waals surface area contributed by atoms with Crippen LogP contribution in [0.2, 0.25) is 0 Å². The molecule has 0 bridgehead atoms. The average molecular weight is 563 g/mol. The summed E-state index contributed by atoms with van der Waals surface area (Å²) in [5, 5.41) is 23.3. The first-order chi connectivity index (χ1) is 18.8. The lowest BCUT2D eigenvalue weighted by Crippen LogP contribution is -2.68. The Kier molecular flexibility index (Phi) is 10.1. The highest BCUT2D eigenvalue weighted by Gasteiger charge is 2.73. The summed E-state index contributed by atoms with van der Waals surface area (Å²) in [6.45, 7) is 18.5. The summed E-state index contributed by atoms with van der Waals surface area (Å²) in [5.41, 5.74) is -0.957. The highest BCUT2D eigenvalue weighted by Crippen LogP contribution is 2.67. The molecule has 9 heteroatoms. The second-order valence-electron chi connectivity index (χ2n) is 11.9. The van der Waals surface area contributed by atoms with Gasteiger partial charge in [-0.1, -0.05) is 59.4 Å². The molecule has 2 N–H and O–H groups in total. The zero-order valence-corrected chi connectivity index (χ0v) is 24.7. The summed E-state index contributed by atoms with van der Waals surface area (Å²) < 4.78 is 23.5. The molecule has 0 aromatic heterocycles. The fraction of sp³-hybridized carbons (Fsp3) is 0.710. The van der Waals surface area contributed by atoms with Gasteiger partial charge in [0.05, 0.1) is 23.5 Å². The van der Waals surface area contributed by atoms with Gasteiger partial charge in [-0.15, -0.1) is 0 Å². The first-order valence-corrected chi connectivity index (χ1v) is 14.4. The molecule has 2 fully saturated rings. The van der Waals surface area contributed by atoms with Gasteiger partial charge in [0, 0.05) is 18.9 Å². The van der Waals surface area contributed by atoms with E-state index in [1.807, 2.05) is 27.7 Å². The van der Waals surface area contributed by atoms with Gasteiger partial charge in [0.1, 0.15) is 6.10 Å². The van der Waals surface area contributed by atoms with Crippen molar-refractivity contribution in [1.29, 1.82) is 0 Å². The predicted octanol–water partition coefficient (Wildman–Crippen LogP) is 4.37.